The van der Waals surface area contributed by atoms with Gasteiger partial charge in [-0.2, -0.15) is 0 Å². The molecule has 0 atom stereocenters. The van der Waals surface area contributed by atoms with Crippen LogP contribution in [0.2, 0.25) is 0 Å². The molecule has 3 heteroatoms. The summed E-state index contributed by atoms with van der Waals surface area (Å²) in [6.07, 6.45) is 4.70. The molecule has 0 aliphatic heterocycles. The van der Waals surface area contributed by atoms with Crippen molar-refractivity contribution < 1.29 is 4.79 Å². The van der Waals surface area contributed by atoms with Crippen molar-refractivity contribution in [1.29, 1.82) is 0 Å². The summed E-state index contributed by atoms with van der Waals surface area (Å²) in [7, 11) is 1.99. The fourth-order valence-corrected chi connectivity index (χ4v) is 1.81. The summed E-state index contributed by atoms with van der Waals surface area (Å²) >= 11 is 0. The number of anilines is 1. The zero-order valence-corrected chi connectivity index (χ0v) is 9.60. The van der Waals surface area contributed by atoms with Crippen molar-refractivity contribution in [2.45, 2.75) is 32.7 Å². The minimum absolute atomic E-state index is 0.443. The molecular formula is C12H18N2O. The number of aromatic nitrogens is 1. The Morgan fingerprint density at radius 2 is 2.13 bits per heavy atom. The zero-order valence-electron chi connectivity index (χ0n) is 9.60. The Bertz CT molecular complexity index is 321. The van der Waals surface area contributed by atoms with Crippen LogP contribution in [0.5, 0.6) is 0 Å². The fraction of sp³-hybridized carbons (Fsp3) is 0.500. The van der Waals surface area contributed by atoms with Crippen LogP contribution >= 0.6 is 0 Å². The monoisotopic (exact) mass is 206 g/mol. The normalized spacial score (nSPS) is 10.4. The molecule has 0 aliphatic carbocycles. The van der Waals surface area contributed by atoms with Gasteiger partial charge in [0.15, 0.2) is 6.29 Å². The molecule has 0 unspecified atom stereocenters. The van der Waals surface area contributed by atoms with Crippen LogP contribution in [0.1, 0.15) is 37.0 Å². The van der Waals surface area contributed by atoms with E-state index in [0.29, 0.717) is 11.6 Å². The number of pyridine rings is 1. The number of carbonyl (C=O) groups excluding carboxylic acids is 1. The molecule has 82 valence electrons. The lowest BCUT2D eigenvalue weighted by Gasteiger charge is -2.28. The summed E-state index contributed by atoms with van der Waals surface area (Å²) in [6.45, 7) is 4.29. The minimum Gasteiger partial charge on any atom is -0.356 e. The molecule has 0 amide bonds. The van der Waals surface area contributed by atoms with Gasteiger partial charge >= 0.3 is 0 Å². The number of aldehydes is 1. The van der Waals surface area contributed by atoms with E-state index in [9.17, 15) is 4.79 Å². The van der Waals surface area contributed by atoms with E-state index in [1.165, 1.54) is 0 Å². The molecule has 1 rings (SSSR count). The summed E-state index contributed by atoms with van der Waals surface area (Å²) in [5.74, 6) is 0.779. The van der Waals surface area contributed by atoms with E-state index in [1.54, 1.807) is 18.3 Å². The van der Waals surface area contributed by atoms with Crippen LogP contribution in [-0.4, -0.2) is 24.4 Å². The molecule has 0 fully saturated rings. The number of rotatable bonds is 5. The first-order chi connectivity index (χ1) is 7.24. The molecule has 1 aromatic heterocycles. The van der Waals surface area contributed by atoms with Crippen molar-refractivity contribution in [1.82, 2.24) is 4.98 Å². The van der Waals surface area contributed by atoms with E-state index in [-0.39, 0.29) is 0 Å². The highest BCUT2D eigenvalue weighted by atomic mass is 16.1. The summed E-state index contributed by atoms with van der Waals surface area (Å²) in [5, 5.41) is 0. The highest BCUT2D eigenvalue weighted by Gasteiger charge is 2.14. The van der Waals surface area contributed by atoms with Gasteiger partial charge in [0.25, 0.3) is 0 Å². The van der Waals surface area contributed by atoms with E-state index in [1.807, 2.05) is 7.05 Å². The van der Waals surface area contributed by atoms with Gasteiger partial charge in [-0.15, -0.1) is 0 Å². The van der Waals surface area contributed by atoms with Gasteiger partial charge in [-0.1, -0.05) is 13.8 Å². The summed E-state index contributed by atoms with van der Waals surface area (Å²) in [5.41, 5.74) is 0.659. The minimum atomic E-state index is 0.443. The van der Waals surface area contributed by atoms with E-state index < -0.39 is 0 Å². The third kappa shape index (κ3) is 2.55. The highest BCUT2D eigenvalue weighted by Crippen LogP contribution is 2.18. The van der Waals surface area contributed by atoms with Crippen molar-refractivity contribution in [2.24, 2.45) is 0 Å². The second kappa shape index (κ2) is 5.49. The Balaban J connectivity index is 2.98. The van der Waals surface area contributed by atoms with Gasteiger partial charge < -0.3 is 4.90 Å². The van der Waals surface area contributed by atoms with Crippen molar-refractivity contribution in [3.8, 4) is 0 Å². The summed E-state index contributed by atoms with van der Waals surface area (Å²) in [6, 6.07) is 4.03. The molecule has 15 heavy (non-hydrogen) atoms. The second-order valence-corrected chi connectivity index (χ2v) is 3.62. The number of hydrogen-bond donors (Lipinski definition) is 0. The molecule has 0 bridgehead atoms. The van der Waals surface area contributed by atoms with Gasteiger partial charge in [0, 0.05) is 19.3 Å². The van der Waals surface area contributed by atoms with Gasteiger partial charge in [-0.3, -0.25) is 4.79 Å². The maximum Gasteiger partial charge on any atom is 0.153 e. The van der Waals surface area contributed by atoms with E-state index in [2.05, 4.69) is 23.7 Å². The van der Waals surface area contributed by atoms with Crippen LogP contribution in [-0.2, 0) is 0 Å². The van der Waals surface area contributed by atoms with Gasteiger partial charge in [0.2, 0.25) is 0 Å². The first-order valence-corrected chi connectivity index (χ1v) is 5.37. The van der Waals surface area contributed by atoms with Crippen LogP contribution in [0.3, 0.4) is 0 Å². The Morgan fingerprint density at radius 3 is 2.67 bits per heavy atom. The smallest absolute Gasteiger partial charge is 0.153 e. The lowest BCUT2D eigenvalue weighted by molar-refractivity contribution is 0.112. The van der Waals surface area contributed by atoms with Gasteiger partial charge in [0.05, 0.1) is 5.56 Å². The molecule has 0 saturated carbocycles. The van der Waals surface area contributed by atoms with Crippen molar-refractivity contribution >= 4 is 12.1 Å². The Labute approximate surface area is 91.1 Å². The largest absolute Gasteiger partial charge is 0.356 e. The lowest BCUT2D eigenvalue weighted by atomic mass is 10.1. The first-order valence-electron chi connectivity index (χ1n) is 5.37. The predicted octanol–water partition coefficient (Wildman–Crippen LogP) is 2.52. The maximum absolute atomic E-state index is 10.9. The molecule has 0 aliphatic rings. The summed E-state index contributed by atoms with van der Waals surface area (Å²) < 4.78 is 0. The molecule has 0 spiro atoms. The molecule has 1 heterocycles. The first kappa shape index (κ1) is 11.7. The van der Waals surface area contributed by atoms with Crippen molar-refractivity contribution in [2.75, 3.05) is 11.9 Å². The summed E-state index contributed by atoms with van der Waals surface area (Å²) in [4.78, 5) is 17.2. The number of carbonyl (C=O) groups is 1. The van der Waals surface area contributed by atoms with E-state index >= 15 is 0 Å². The lowest BCUT2D eigenvalue weighted by Crippen LogP contribution is -2.31. The van der Waals surface area contributed by atoms with Crippen molar-refractivity contribution in [3.63, 3.8) is 0 Å². The second-order valence-electron chi connectivity index (χ2n) is 3.62. The number of nitrogens with zero attached hydrogens (tertiary/aromatic N) is 2. The van der Waals surface area contributed by atoms with Crippen LogP contribution in [0.25, 0.3) is 0 Å². The fourth-order valence-electron chi connectivity index (χ4n) is 1.81. The molecule has 0 aromatic carbocycles. The number of hydrogen-bond acceptors (Lipinski definition) is 3. The van der Waals surface area contributed by atoms with Crippen molar-refractivity contribution in [3.05, 3.63) is 23.9 Å². The Hall–Kier alpha value is -1.38. The zero-order chi connectivity index (χ0) is 11.3. The van der Waals surface area contributed by atoms with Crippen LogP contribution < -0.4 is 4.90 Å². The third-order valence-electron chi connectivity index (χ3n) is 2.77. The molecular weight excluding hydrogens is 188 g/mol. The van der Waals surface area contributed by atoms with E-state index in [0.717, 1.165) is 24.9 Å². The van der Waals surface area contributed by atoms with Gasteiger partial charge in [0.1, 0.15) is 5.82 Å². The van der Waals surface area contributed by atoms with E-state index in [4.69, 9.17) is 0 Å². The molecule has 0 radical (unpaired) electrons. The average molecular weight is 206 g/mol. The maximum atomic E-state index is 10.9. The molecule has 1 aromatic rings. The standard InChI is InChI=1S/C12H18N2O/c1-4-11(5-2)14(3)12-10(9-15)7-6-8-13-12/h6-9,11H,4-5H2,1-3H3. The van der Waals surface area contributed by atoms with Crippen LogP contribution in [0, 0.1) is 0 Å². The van der Waals surface area contributed by atoms with Gasteiger partial charge in [-0.25, -0.2) is 4.98 Å². The third-order valence-corrected chi connectivity index (χ3v) is 2.77. The molecule has 3 nitrogen and oxygen atoms in total. The predicted molar refractivity (Wildman–Crippen MR) is 62.4 cm³/mol. The van der Waals surface area contributed by atoms with Crippen LogP contribution in [0.15, 0.2) is 18.3 Å². The molecule has 0 N–H and O–H groups in total. The van der Waals surface area contributed by atoms with Crippen LogP contribution in [0.4, 0.5) is 5.82 Å². The Morgan fingerprint density at radius 1 is 1.47 bits per heavy atom. The molecule has 0 saturated heterocycles. The quantitative estimate of drug-likeness (QED) is 0.694. The SMILES string of the molecule is CCC(CC)N(C)c1ncccc1C=O. The Kier molecular flexibility index (Phi) is 4.28. The average Bonchev–Trinajstić information content (AvgIpc) is 2.30. The van der Waals surface area contributed by atoms with Gasteiger partial charge in [-0.05, 0) is 25.0 Å². The topological polar surface area (TPSA) is 33.2 Å². The highest BCUT2D eigenvalue weighted by molar-refractivity contribution is 5.82.